The molecule has 0 spiro atoms. The summed E-state index contributed by atoms with van der Waals surface area (Å²) >= 11 is 0. The Morgan fingerprint density at radius 2 is 1.82 bits per heavy atom. The van der Waals surface area contributed by atoms with E-state index >= 15 is 0 Å². The number of benzene rings is 2. The molecule has 0 atom stereocenters. The maximum atomic E-state index is 11.1. The van der Waals surface area contributed by atoms with E-state index in [1.54, 1.807) is 12.1 Å². The minimum Gasteiger partial charge on any atom is -0.493 e. The summed E-state index contributed by atoms with van der Waals surface area (Å²) in [5.41, 5.74) is 2.65. The van der Waals surface area contributed by atoms with Gasteiger partial charge in [-0.2, -0.15) is 0 Å². The molecule has 0 fully saturated rings. The second-order valence-corrected chi connectivity index (χ2v) is 4.90. The van der Waals surface area contributed by atoms with Crippen LogP contribution < -0.4 is 14.2 Å². The van der Waals surface area contributed by atoms with Crippen LogP contribution in [0.25, 0.3) is 0 Å². The highest BCUT2D eigenvalue weighted by atomic mass is 16.5. The van der Waals surface area contributed by atoms with Crippen LogP contribution >= 0.6 is 0 Å². The molecule has 0 N–H and O–H groups in total. The standard InChI is InChI=1S/C18H20O4/c1-5-21-18-16(20-4)9-14(11-19)10-17(18)22-15-8-6-7-12(2)13(15)3/h6-11H,5H2,1-4H3. The van der Waals surface area contributed by atoms with Gasteiger partial charge in [-0.1, -0.05) is 12.1 Å². The number of ether oxygens (including phenoxy) is 3. The molecule has 0 aromatic heterocycles. The molecule has 2 aromatic rings. The lowest BCUT2D eigenvalue weighted by Gasteiger charge is -2.17. The van der Waals surface area contributed by atoms with Crippen molar-refractivity contribution in [1.82, 2.24) is 0 Å². The number of hydrogen-bond donors (Lipinski definition) is 0. The molecule has 116 valence electrons. The quantitative estimate of drug-likeness (QED) is 0.745. The third kappa shape index (κ3) is 3.22. The molecule has 22 heavy (non-hydrogen) atoms. The van der Waals surface area contributed by atoms with Gasteiger partial charge in [0.25, 0.3) is 0 Å². The van der Waals surface area contributed by atoms with Crippen molar-refractivity contribution in [1.29, 1.82) is 0 Å². The van der Waals surface area contributed by atoms with Gasteiger partial charge in [0, 0.05) is 5.56 Å². The predicted octanol–water partition coefficient (Wildman–Crippen LogP) is 4.32. The van der Waals surface area contributed by atoms with Crippen LogP contribution in [0.2, 0.25) is 0 Å². The molecule has 0 aliphatic heterocycles. The van der Waals surface area contributed by atoms with Crippen LogP contribution in [-0.4, -0.2) is 20.0 Å². The minimum atomic E-state index is 0.469. The molecule has 4 nitrogen and oxygen atoms in total. The van der Waals surface area contributed by atoms with Gasteiger partial charge in [-0.15, -0.1) is 0 Å². The summed E-state index contributed by atoms with van der Waals surface area (Å²) in [6.07, 6.45) is 0.758. The highest BCUT2D eigenvalue weighted by Crippen LogP contribution is 2.41. The summed E-state index contributed by atoms with van der Waals surface area (Å²) in [5, 5.41) is 0. The van der Waals surface area contributed by atoms with E-state index in [1.807, 2.05) is 39.0 Å². The van der Waals surface area contributed by atoms with Gasteiger partial charge in [0.1, 0.15) is 12.0 Å². The fourth-order valence-corrected chi connectivity index (χ4v) is 2.13. The average molecular weight is 300 g/mol. The van der Waals surface area contributed by atoms with Crippen molar-refractivity contribution < 1.29 is 19.0 Å². The van der Waals surface area contributed by atoms with Crippen LogP contribution in [0.5, 0.6) is 23.0 Å². The predicted molar refractivity (Wildman–Crippen MR) is 85.5 cm³/mol. The molecule has 0 unspecified atom stereocenters. The Balaban J connectivity index is 2.52. The van der Waals surface area contributed by atoms with Crippen molar-refractivity contribution in [2.45, 2.75) is 20.8 Å². The van der Waals surface area contributed by atoms with E-state index in [4.69, 9.17) is 14.2 Å². The van der Waals surface area contributed by atoms with E-state index < -0.39 is 0 Å². The Morgan fingerprint density at radius 1 is 1.09 bits per heavy atom. The first-order valence-corrected chi connectivity index (χ1v) is 7.14. The van der Waals surface area contributed by atoms with Crippen molar-refractivity contribution in [2.24, 2.45) is 0 Å². The van der Waals surface area contributed by atoms with Crippen LogP contribution in [0.3, 0.4) is 0 Å². The normalized spacial score (nSPS) is 10.2. The Labute approximate surface area is 130 Å². The number of hydrogen-bond acceptors (Lipinski definition) is 4. The van der Waals surface area contributed by atoms with Crippen LogP contribution in [0, 0.1) is 13.8 Å². The highest BCUT2D eigenvalue weighted by Gasteiger charge is 2.16. The van der Waals surface area contributed by atoms with Crippen LogP contribution in [-0.2, 0) is 0 Å². The van der Waals surface area contributed by atoms with Gasteiger partial charge in [0.15, 0.2) is 11.5 Å². The number of aryl methyl sites for hydroxylation is 1. The maximum Gasteiger partial charge on any atom is 0.204 e. The topological polar surface area (TPSA) is 44.8 Å². The summed E-state index contributed by atoms with van der Waals surface area (Å²) < 4.78 is 16.9. The zero-order valence-electron chi connectivity index (χ0n) is 13.3. The van der Waals surface area contributed by atoms with Gasteiger partial charge in [-0.3, -0.25) is 4.79 Å². The monoisotopic (exact) mass is 300 g/mol. The van der Waals surface area contributed by atoms with Crippen LogP contribution in [0.15, 0.2) is 30.3 Å². The van der Waals surface area contributed by atoms with Crippen molar-refractivity contribution >= 4 is 6.29 Å². The summed E-state index contributed by atoms with van der Waals surface area (Å²) in [5.74, 6) is 2.17. The van der Waals surface area contributed by atoms with Gasteiger partial charge in [0.05, 0.1) is 13.7 Å². The first-order valence-electron chi connectivity index (χ1n) is 7.14. The summed E-state index contributed by atoms with van der Waals surface area (Å²) in [6, 6.07) is 9.13. The minimum absolute atomic E-state index is 0.469. The van der Waals surface area contributed by atoms with Gasteiger partial charge in [0.2, 0.25) is 5.75 Å². The molecule has 2 rings (SSSR count). The van der Waals surface area contributed by atoms with Crippen LogP contribution in [0.4, 0.5) is 0 Å². The molecule has 4 heteroatoms. The third-order valence-electron chi connectivity index (χ3n) is 3.46. The number of carbonyl (C=O) groups is 1. The van der Waals surface area contributed by atoms with Gasteiger partial charge < -0.3 is 14.2 Å². The molecule has 0 heterocycles. The Morgan fingerprint density at radius 3 is 2.45 bits per heavy atom. The smallest absolute Gasteiger partial charge is 0.204 e. The van der Waals surface area contributed by atoms with Crippen molar-refractivity contribution in [3.05, 3.63) is 47.0 Å². The fraction of sp³-hybridized carbons (Fsp3) is 0.278. The van der Waals surface area contributed by atoms with Gasteiger partial charge >= 0.3 is 0 Å². The lowest BCUT2D eigenvalue weighted by Crippen LogP contribution is -2.00. The molecule has 0 saturated heterocycles. The summed E-state index contributed by atoms with van der Waals surface area (Å²) in [4.78, 5) is 11.1. The van der Waals surface area contributed by atoms with Crippen LogP contribution in [0.1, 0.15) is 28.4 Å². The fourth-order valence-electron chi connectivity index (χ4n) is 2.13. The SMILES string of the molecule is CCOc1c(OC)cc(C=O)cc1Oc1cccc(C)c1C. The number of rotatable bonds is 6. The maximum absolute atomic E-state index is 11.1. The van der Waals surface area contributed by atoms with Crippen molar-refractivity contribution in [2.75, 3.05) is 13.7 Å². The Hall–Kier alpha value is -2.49. The van der Waals surface area contributed by atoms with Gasteiger partial charge in [-0.25, -0.2) is 0 Å². The largest absolute Gasteiger partial charge is 0.493 e. The lowest BCUT2D eigenvalue weighted by molar-refractivity contribution is 0.112. The van der Waals surface area contributed by atoms with Gasteiger partial charge in [-0.05, 0) is 50.1 Å². The number of carbonyl (C=O) groups excluding carboxylic acids is 1. The molecule has 2 aromatic carbocycles. The second kappa shape index (κ2) is 6.98. The van der Waals surface area contributed by atoms with E-state index in [0.717, 1.165) is 23.2 Å². The molecule has 0 radical (unpaired) electrons. The summed E-state index contributed by atoms with van der Waals surface area (Å²) in [7, 11) is 1.54. The Bertz CT molecular complexity index is 677. The molecule has 0 aliphatic carbocycles. The van der Waals surface area contributed by atoms with E-state index in [1.165, 1.54) is 7.11 Å². The molecule has 0 amide bonds. The molecule has 0 aliphatic rings. The molecule has 0 saturated carbocycles. The molecular formula is C18H20O4. The van der Waals surface area contributed by atoms with E-state index in [-0.39, 0.29) is 0 Å². The second-order valence-electron chi connectivity index (χ2n) is 4.90. The first-order chi connectivity index (χ1) is 10.6. The average Bonchev–Trinajstić information content (AvgIpc) is 2.53. The zero-order valence-corrected chi connectivity index (χ0v) is 13.3. The lowest BCUT2D eigenvalue weighted by atomic mass is 10.1. The summed E-state index contributed by atoms with van der Waals surface area (Å²) in [6.45, 7) is 6.37. The third-order valence-corrected chi connectivity index (χ3v) is 3.46. The first kappa shape index (κ1) is 15.9. The molecular weight excluding hydrogens is 280 g/mol. The molecule has 0 bridgehead atoms. The number of aldehydes is 1. The van der Waals surface area contributed by atoms with E-state index in [0.29, 0.717) is 29.4 Å². The van der Waals surface area contributed by atoms with E-state index in [2.05, 4.69) is 0 Å². The van der Waals surface area contributed by atoms with E-state index in [9.17, 15) is 4.79 Å². The van der Waals surface area contributed by atoms with Crippen molar-refractivity contribution in [3.8, 4) is 23.0 Å². The highest BCUT2D eigenvalue weighted by molar-refractivity contribution is 5.78. The number of methoxy groups -OCH3 is 1. The van der Waals surface area contributed by atoms with Crippen molar-refractivity contribution in [3.63, 3.8) is 0 Å². The Kier molecular flexibility index (Phi) is 5.04. The zero-order chi connectivity index (χ0) is 16.1.